The number of anilines is 1. The molecule has 1 aliphatic rings. The Morgan fingerprint density at radius 1 is 0.917 bits per heavy atom. The SMILES string of the molecule is O=C(Nc1nc2ccccc2s1)N(CCC(c1ccccc1)c1ccccc1)CCN1CCOCC1. The summed E-state index contributed by atoms with van der Waals surface area (Å²) in [5.74, 6) is 0.216. The average molecular weight is 501 g/mol. The first-order valence-electron chi connectivity index (χ1n) is 12.6. The lowest BCUT2D eigenvalue weighted by atomic mass is 9.88. The zero-order valence-corrected chi connectivity index (χ0v) is 21.2. The second kappa shape index (κ2) is 12.1. The van der Waals surface area contributed by atoms with E-state index in [1.807, 2.05) is 41.3 Å². The summed E-state index contributed by atoms with van der Waals surface area (Å²) < 4.78 is 6.57. The van der Waals surface area contributed by atoms with E-state index in [0.717, 1.165) is 49.5 Å². The Labute approximate surface area is 216 Å². The van der Waals surface area contributed by atoms with Crippen molar-refractivity contribution in [2.75, 3.05) is 51.3 Å². The summed E-state index contributed by atoms with van der Waals surface area (Å²) in [5, 5.41) is 3.71. The summed E-state index contributed by atoms with van der Waals surface area (Å²) in [5.41, 5.74) is 3.44. The maximum Gasteiger partial charge on any atom is 0.323 e. The van der Waals surface area contributed by atoms with Crippen LogP contribution in [0.3, 0.4) is 0 Å². The number of urea groups is 1. The minimum absolute atomic E-state index is 0.0952. The van der Waals surface area contributed by atoms with Crippen molar-refractivity contribution in [3.63, 3.8) is 0 Å². The average Bonchev–Trinajstić information content (AvgIpc) is 3.34. The van der Waals surface area contributed by atoms with Gasteiger partial charge in [0.15, 0.2) is 5.13 Å². The largest absolute Gasteiger partial charge is 0.379 e. The van der Waals surface area contributed by atoms with Crippen LogP contribution in [-0.4, -0.2) is 66.8 Å². The lowest BCUT2D eigenvalue weighted by molar-refractivity contribution is 0.0351. The molecule has 1 aromatic heterocycles. The van der Waals surface area contributed by atoms with Gasteiger partial charge in [-0.25, -0.2) is 9.78 Å². The molecule has 36 heavy (non-hydrogen) atoms. The molecule has 1 saturated heterocycles. The van der Waals surface area contributed by atoms with Gasteiger partial charge < -0.3 is 9.64 Å². The van der Waals surface area contributed by atoms with Crippen LogP contribution < -0.4 is 5.32 Å². The number of ether oxygens (including phenoxy) is 1. The number of carbonyl (C=O) groups is 1. The summed E-state index contributed by atoms with van der Waals surface area (Å²) in [6, 6.07) is 29.0. The Morgan fingerprint density at radius 3 is 2.22 bits per heavy atom. The number of carbonyl (C=O) groups excluding carboxylic acids is 1. The highest BCUT2D eigenvalue weighted by Gasteiger charge is 2.21. The van der Waals surface area contributed by atoms with E-state index in [-0.39, 0.29) is 11.9 Å². The third kappa shape index (κ3) is 6.29. The van der Waals surface area contributed by atoms with Crippen LogP contribution in [0.5, 0.6) is 0 Å². The van der Waals surface area contributed by atoms with Crippen molar-refractivity contribution in [2.24, 2.45) is 0 Å². The molecule has 4 aromatic rings. The molecule has 1 aliphatic heterocycles. The molecule has 6 nitrogen and oxygen atoms in total. The molecule has 7 heteroatoms. The van der Waals surface area contributed by atoms with E-state index in [1.165, 1.54) is 22.5 Å². The maximum atomic E-state index is 13.5. The lowest BCUT2D eigenvalue weighted by Gasteiger charge is -2.31. The smallest absolute Gasteiger partial charge is 0.323 e. The summed E-state index contributed by atoms with van der Waals surface area (Å²) in [6.07, 6.45) is 0.838. The molecule has 0 bridgehead atoms. The number of fused-ring (bicyclic) bond motifs is 1. The van der Waals surface area contributed by atoms with E-state index >= 15 is 0 Å². The van der Waals surface area contributed by atoms with Crippen molar-refractivity contribution in [2.45, 2.75) is 12.3 Å². The Bertz CT molecular complexity index is 1170. The second-order valence-corrected chi connectivity index (χ2v) is 10.1. The van der Waals surface area contributed by atoms with E-state index < -0.39 is 0 Å². The van der Waals surface area contributed by atoms with Gasteiger partial charge in [0, 0.05) is 38.6 Å². The molecule has 2 heterocycles. The normalized spacial score (nSPS) is 14.2. The van der Waals surface area contributed by atoms with Gasteiger partial charge in [0.2, 0.25) is 0 Å². The number of nitrogens with one attached hydrogen (secondary N) is 1. The predicted octanol–water partition coefficient (Wildman–Crippen LogP) is 5.68. The molecule has 2 amide bonds. The maximum absolute atomic E-state index is 13.5. The minimum atomic E-state index is -0.0952. The highest BCUT2D eigenvalue weighted by atomic mass is 32.1. The van der Waals surface area contributed by atoms with E-state index in [0.29, 0.717) is 18.2 Å². The molecule has 5 rings (SSSR count). The second-order valence-electron chi connectivity index (χ2n) is 9.02. The fourth-order valence-corrected chi connectivity index (χ4v) is 5.53. The predicted molar refractivity (Wildman–Crippen MR) is 147 cm³/mol. The molecule has 0 aliphatic carbocycles. The van der Waals surface area contributed by atoms with Gasteiger partial charge in [0.05, 0.1) is 23.4 Å². The van der Waals surface area contributed by atoms with Crippen LogP contribution >= 0.6 is 11.3 Å². The Kier molecular flexibility index (Phi) is 8.23. The van der Waals surface area contributed by atoms with E-state index in [4.69, 9.17) is 4.74 Å². The van der Waals surface area contributed by atoms with Gasteiger partial charge in [0.1, 0.15) is 0 Å². The molecular formula is C29H32N4O2S. The molecule has 0 spiro atoms. The standard InChI is InChI=1S/C29H32N4O2S/c34-29(31-28-30-26-13-7-8-14-27(26)36-28)33(18-17-32-19-21-35-22-20-32)16-15-25(23-9-3-1-4-10-23)24-11-5-2-6-12-24/h1-14,25H,15-22H2,(H,30,31,34). The fourth-order valence-electron chi connectivity index (χ4n) is 4.68. The van der Waals surface area contributed by atoms with Crippen molar-refractivity contribution in [3.05, 3.63) is 96.1 Å². The van der Waals surface area contributed by atoms with Crippen molar-refractivity contribution >= 4 is 32.7 Å². The minimum Gasteiger partial charge on any atom is -0.379 e. The monoisotopic (exact) mass is 500 g/mol. The number of benzene rings is 3. The molecule has 0 radical (unpaired) electrons. The number of thiazole rings is 1. The Morgan fingerprint density at radius 2 is 1.56 bits per heavy atom. The van der Waals surface area contributed by atoms with Gasteiger partial charge >= 0.3 is 6.03 Å². The summed E-state index contributed by atoms with van der Waals surface area (Å²) in [6.45, 7) is 5.46. The van der Waals surface area contributed by atoms with E-state index in [1.54, 1.807) is 0 Å². The van der Waals surface area contributed by atoms with Gasteiger partial charge in [0.25, 0.3) is 0 Å². The fraction of sp³-hybridized carbons (Fsp3) is 0.310. The van der Waals surface area contributed by atoms with Gasteiger partial charge in [-0.05, 0) is 29.7 Å². The number of nitrogens with zero attached hydrogens (tertiary/aromatic N) is 3. The van der Waals surface area contributed by atoms with Crippen molar-refractivity contribution < 1.29 is 9.53 Å². The first kappa shape index (κ1) is 24.4. The number of morpholine rings is 1. The first-order valence-corrected chi connectivity index (χ1v) is 13.4. The topological polar surface area (TPSA) is 57.7 Å². The number of aromatic nitrogens is 1. The molecule has 0 unspecified atom stereocenters. The molecule has 1 N–H and O–H groups in total. The van der Waals surface area contributed by atoms with Crippen LogP contribution in [0.4, 0.5) is 9.93 Å². The van der Waals surface area contributed by atoms with Crippen LogP contribution in [0.2, 0.25) is 0 Å². The van der Waals surface area contributed by atoms with Gasteiger partial charge in [-0.15, -0.1) is 0 Å². The summed E-state index contributed by atoms with van der Waals surface area (Å²) in [4.78, 5) is 22.4. The number of hydrogen-bond acceptors (Lipinski definition) is 5. The number of para-hydroxylation sites is 1. The highest BCUT2D eigenvalue weighted by Crippen LogP contribution is 2.29. The molecule has 0 atom stereocenters. The lowest BCUT2D eigenvalue weighted by Crippen LogP contribution is -2.44. The summed E-state index contributed by atoms with van der Waals surface area (Å²) in [7, 11) is 0. The molecule has 0 saturated carbocycles. The van der Waals surface area contributed by atoms with Gasteiger partial charge in [-0.2, -0.15) is 0 Å². The quantitative estimate of drug-likeness (QED) is 0.321. The van der Waals surface area contributed by atoms with Crippen LogP contribution in [0, 0.1) is 0 Å². The summed E-state index contributed by atoms with van der Waals surface area (Å²) >= 11 is 1.51. The third-order valence-electron chi connectivity index (χ3n) is 6.68. The molecular weight excluding hydrogens is 468 g/mol. The number of rotatable bonds is 9. The highest BCUT2D eigenvalue weighted by molar-refractivity contribution is 7.22. The van der Waals surface area contributed by atoms with Crippen molar-refractivity contribution in [3.8, 4) is 0 Å². The van der Waals surface area contributed by atoms with E-state index in [2.05, 4.69) is 63.7 Å². The van der Waals surface area contributed by atoms with E-state index in [9.17, 15) is 4.79 Å². The Balaban J connectivity index is 1.32. The first-order chi connectivity index (χ1) is 17.8. The molecule has 3 aromatic carbocycles. The number of amides is 2. The van der Waals surface area contributed by atoms with Crippen LogP contribution in [0.15, 0.2) is 84.9 Å². The van der Waals surface area contributed by atoms with Crippen LogP contribution in [0.1, 0.15) is 23.5 Å². The van der Waals surface area contributed by atoms with Gasteiger partial charge in [-0.3, -0.25) is 10.2 Å². The van der Waals surface area contributed by atoms with Gasteiger partial charge in [-0.1, -0.05) is 84.1 Å². The third-order valence-corrected chi connectivity index (χ3v) is 7.63. The molecule has 186 valence electrons. The van der Waals surface area contributed by atoms with Crippen molar-refractivity contribution in [1.82, 2.24) is 14.8 Å². The van der Waals surface area contributed by atoms with Crippen LogP contribution in [-0.2, 0) is 4.74 Å². The Hall–Kier alpha value is -3.26. The number of hydrogen-bond donors (Lipinski definition) is 1. The zero-order valence-electron chi connectivity index (χ0n) is 20.4. The van der Waals surface area contributed by atoms with Crippen molar-refractivity contribution in [1.29, 1.82) is 0 Å². The molecule has 1 fully saturated rings. The zero-order chi connectivity index (χ0) is 24.6. The van der Waals surface area contributed by atoms with Crippen LogP contribution in [0.25, 0.3) is 10.2 Å².